The quantitative estimate of drug-likeness (QED) is 0.738. The SMILES string of the molecule is NC(=O)c1cc(C2CCCCN2C(=O)c2cccc(-n3cccn3)c2)[nH]n1. The van der Waals surface area contributed by atoms with Crippen LogP contribution in [-0.4, -0.2) is 43.2 Å². The first kappa shape index (κ1) is 17.0. The highest BCUT2D eigenvalue weighted by molar-refractivity contribution is 5.95. The van der Waals surface area contributed by atoms with Crippen LogP contribution in [0.4, 0.5) is 0 Å². The molecule has 27 heavy (non-hydrogen) atoms. The van der Waals surface area contributed by atoms with E-state index in [2.05, 4.69) is 15.3 Å². The lowest BCUT2D eigenvalue weighted by Crippen LogP contribution is -2.38. The minimum Gasteiger partial charge on any atom is -0.364 e. The van der Waals surface area contributed by atoms with Crippen LogP contribution in [0.15, 0.2) is 48.8 Å². The normalized spacial score (nSPS) is 17.0. The topological polar surface area (TPSA) is 110 Å². The summed E-state index contributed by atoms with van der Waals surface area (Å²) in [5.74, 6) is -0.637. The fraction of sp³-hybridized carbons (Fsp3) is 0.263. The molecule has 3 aromatic rings. The number of carbonyl (C=O) groups excluding carboxylic acids is 2. The van der Waals surface area contributed by atoms with Gasteiger partial charge in [-0.3, -0.25) is 14.7 Å². The number of hydrogen-bond acceptors (Lipinski definition) is 4. The van der Waals surface area contributed by atoms with Crippen LogP contribution in [0, 0.1) is 0 Å². The maximum atomic E-state index is 13.2. The molecule has 0 bridgehead atoms. The molecule has 3 N–H and O–H groups in total. The monoisotopic (exact) mass is 364 g/mol. The summed E-state index contributed by atoms with van der Waals surface area (Å²) in [5.41, 5.74) is 7.65. The van der Waals surface area contributed by atoms with E-state index in [0.717, 1.165) is 30.6 Å². The number of hydrogen-bond donors (Lipinski definition) is 2. The van der Waals surface area contributed by atoms with Gasteiger partial charge in [-0.05, 0) is 49.6 Å². The molecule has 8 nitrogen and oxygen atoms in total. The van der Waals surface area contributed by atoms with Crippen molar-refractivity contribution in [3.8, 4) is 5.69 Å². The van der Waals surface area contributed by atoms with E-state index in [4.69, 9.17) is 5.73 Å². The molecule has 1 aliphatic rings. The van der Waals surface area contributed by atoms with Crippen molar-refractivity contribution in [3.63, 3.8) is 0 Å². The van der Waals surface area contributed by atoms with E-state index < -0.39 is 5.91 Å². The summed E-state index contributed by atoms with van der Waals surface area (Å²) in [6.45, 7) is 0.653. The zero-order chi connectivity index (χ0) is 18.8. The number of aromatic amines is 1. The number of piperidine rings is 1. The number of H-pyrrole nitrogens is 1. The van der Waals surface area contributed by atoms with Gasteiger partial charge in [0.15, 0.2) is 0 Å². The van der Waals surface area contributed by atoms with Gasteiger partial charge in [0.05, 0.1) is 17.4 Å². The first-order chi connectivity index (χ1) is 13.1. The maximum absolute atomic E-state index is 13.2. The molecule has 138 valence electrons. The van der Waals surface area contributed by atoms with Gasteiger partial charge in [-0.25, -0.2) is 4.68 Å². The van der Waals surface area contributed by atoms with Crippen LogP contribution >= 0.6 is 0 Å². The molecule has 0 saturated carbocycles. The molecule has 0 spiro atoms. The number of rotatable bonds is 4. The zero-order valence-electron chi connectivity index (χ0n) is 14.7. The summed E-state index contributed by atoms with van der Waals surface area (Å²) < 4.78 is 1.72. The van der Waals surface area contributed by atoms with Crippen LogP contribution in [0.25, 0.3) is 5.69 Å². The molecule has 1 atom stereocenters. The van der Waals surface area contributed by atoms with Gasteiger partial charge in [-0.15, -0.1) is 0 Å². The van der Waals surface area contributed by atoms with Crippen LogP contribution in [0.3, 0.4) is 0 Å². The summed E-state index contributed by atoms with van der Waals surface area (Å²) in [7, 11) is 0. The molecule has 8 heteroatoms. The van der Waals surface area contributed by atoms with Crippen molar-refractivity contribution >= 4 is 11.8 Å². The molecule has 1 aromatic carbocycles. The largest absolute Gasteiger partial charge is 0.364 e. The Morgan fingerprint density at radius 2 is 2.07 bits per heavy atom. The number of benzene rings is 1. The van der Waals surface area contributed by atoms with Crippen molar-refractivity contribution in [1.29, 1.82) is 0 Å². The second kappa shape index (κ2) is 7.06. The van der Waals surface area contributed by atoms with E-state index in [1.54, 1.807) is 16.9 Å². The van der Waals surface area contributed by atoms with Crippen LogP contribution in [0.1, 0.15) is 51.8 Å². The molecule has 1 aliphatic heterocycles. The van der Waals surface area contributed by atoms with Gasteiger partial charge in [0.1, 0.15) is 5.69 Å². The number of aromatic nitrogens is 4. The number of nitrogens with two attached hydrogens (primary N) is 1. The third-order valence-electron chi connectivity index (χ3n) is 4.83. The van der Waals surface area contributed by atoms with Crippen LogP contribution < -0.4 is 5.73 Å². The number of likely N-dealkylation sites (tertiary alicyclic amines) is 1. The molecular weight excluding hydrogens is 344 g/mol. The van der Waals surface area contributed by atoms with Crippen molar-refractivity contribution < 1.29 is 9.59 Å². The third-order valence-corrected chi connectivity index (χ3v) is 4.83. The first-order valence-corrected chi connectivity index (χ1v) is 8.89. The Bertz CT molecular complexity index is 962. The van der Waals surface area contributed by atoms with Crippen LogP contribution in [0.5, 0.6) is 0 Å². The minimum absolute atomic E-state index is 0.0519. The van der Waals surface area contributed by atoms with Gasteiger partial charge >= 0.3 is 0 Å². The lowest BCUT2D eigenvalue weighted by atomic mass is 9.98. The second-order valence-corrected chi connectivity index (χ2v) is 6.58. The van der Waals surface area contributed by atoms with Gasteiger partial charge in [-0.1, -0.05) is 6.07 Å². The molecule has 0 radical (unpaired) electrons. The number of amides is 2. The Morgan fingerprint density at radius 1 is 1.19 bits per heavy atom. The van der Waals surface area contributed by atoms with Gasteiger partial charge < -0.3 is 10.6 Å². The van der Waals surface area contributed by atoms with E-state index in [0.29, 0.717) is 12.1 Å². The Morgan fingerprint density at radius 3 is 2.81 bits per heavy atom. The predicted octanol–water partition coefficient (Wildman–Crippen LogP) is 2.06. The summed E-state index contributed by atoms with van der Waals surface area (Å²) in [6, 6.07) is 10.7. The van der Waals surface area contributed by atoms with Gasteiger partial charge in [0.2, 0.25) is 0 Å². The van der Waals surface area contributed by atoms with Gasteiger partial charge in [0.25, 0.3) is 11.8 Å². The third kappa shape index (κ3) is 3.33. The Balaban J connectivity index is 1.62. The highest BCUT2D eigenvalue weighted by Gasteiger charge is 2.30. The molecule has 4 rings (SSSR count). The van der Waals surface area contributed by atoms with Crippen molar-refractivity contribution in [1.82, 2.24) is 24.9 Å². The Hall–Kier alpha value is -3.42. The molecule has 2 amide bonds. The van der Waals surface area contributed by atoms with Crippen LogP contribution in [0.2, 0.25) is 0 Å². The summed E-state index contributed by atoms with van der Waals surface area (Å²) in [5, 5.41) is 11.0. The van der Waals surface area contributed by atoms with E-state index in [9.17, 15) is 9.59 Å². The van der Waals surface area contributed by atoms with Crippen molar-refractivity contribution in [3.05, 3.63) is 65.7 Å². The Labute approximate surface area is 156 Å². The van der Waals surface area contributed by atoms with Crippen molar-refractivity contribution in [2.45, 2.75) is 25.3 Å². The van der Waals surface area contributed by atoms with Gasteiger partial charge in [-0.2, -0.15) is 10.2 Å². The number of nitrogens with one attached hydrogen (secondary N) is 1. The highest BCUT2D eigenvalue weighted by atomic mass is 16.2. The lowest BCUT2D eigenvalue weighted by molar-refractivity contribution is 0.0606. The predicted molar refractivity (Wildman–Crippen MR) is 98.3 cm³/mol. The zero-order valence-corrected chi connectivity index (χ0v) is 14.7. The summed E-state index contributed by atoms with van der Waals surface area (Å²) in [6.07, 6.45) is 6.29. The number of primary amides is 1. The smallest absolute Gasteiger partial charge is 0.269 e. The molecule has 3 heterocycles. The van der Waals surface area contributed by atoms with E-state index in [1.165, 1.54) is 0 Å². The summed E-state index contributed by atoms with van der Waals surface area (Å²) >= 11 is 0. The average molecular weight is 364 g/mol. The van der Waals surface area contributed by atoms with Crippen molar-refractivity contribution in [2.75, 3.05) is 6.54 Å². The lowest BCUT2D eigenvalue weighted by Gasteiger charge is -2.35. The second-order valence-electron chi connectivity index (χ2n) is 6.58. The van der Waals surface area contributed by atoms with Crippen LogP contribution in [-0.2, 0) is 0 Å². The summed E-state index contributed by atoms with van der Waals surface area (Å²) in [4.78, 5) is 26.4. The van der Waals surface area contributed by atoms with Crippen molar-refractivity contribution in [2.24, 2.45) is 5.73 Å². The van der Waals surface area contributed by atoms with E-state index in [-0.39, 0.29) is 17.6 Å². The Kier molecular flexibility index (Phi) is 4.45. The van der Waals surface area contributed by atoms with E-state index in [1.807, 2.05) is 41.4 Å². The molecule has 1 fully saturated rings. The fourth-order valence-corrected chi connectivity index (χ4v) is 3.50. The first-order valence-electron chi connectivity index (χ1n) is 8.89. The molecule has 0 aliphatic carbocycles. The molecule has 2 aromatic heterocycles. The number of nitrogens with zero attached hydrogens (tertiary/aromatic N) is 4. The average Bonchev–Trinajstić information content (AvgIpc) is 3.39. The molecule has 1 unspecified atom stereocenters. The van der Waals surface area contributed by atoms with Gasteiger partial charge in [0, 0.05) is 24.5 Å². The minimum atomic E-state index is -0.585. The number of carbonyl (C=O) groups is 2. The highest BCUT2D eigenvalue weighted by Crippen LogP contribution is 2.31. The fourth-order valence-electron chi connectivity index (χ4n) is 3.50. The maximum Gasteiger partial charge on any atom is 0.269 e. The van der Waals surface area contributed by atoms with E-state index >= 15 is 0 Å². The standard InChI is InChI=1S/C19H20N6O2/c20-18(26)16-12-15(22-23-16)17-7-1-2-9-24(17)19(27)13-5-3-6-14(11-13)25-10-4-8-21-25/h3-6,8,10-12,17H,1-2,7,9H2,(H2,20,26)(H,22,23). The molecule has 1 saturated heterocycles. The molecular formula is C19H20N6O2.